The van der Waals surface area contributed by atoms with Crippen molar-refractivity contribution in [1.29, 1.82) is 0 Å². The van der Waals surface area contributed by atoms with E-state index in [4.69, 9.17) is 4.74 Å². The molecule has 33 heavy (non-hydrogen) atoms. The average Bonchev–Trinajstić information content (AvgIpc) is 2.84. The van der Waals surface area contributed by atoms with E-state index in [0.29, 0.717) is 11.4 Å². The highest BCUT2D eigenvalue weighted by Gasteiger charge is 2.24. The Bertz CT molecular complexity index is 1230. The number of hydrogen-bond donors (Lipinski definition) is 1. The summed E-state index contributed by atoms with van der Waals surface area (Å²) in [6.45, 7) is 3.45. The SMILES string of the molecule is CCc1ccccc1NC(=O)COC(=O)c1cccc(S(=O)(=O)N(CC)c2ccccc2)c1. The van der Waals surface area contributed by atoms with Gasteiger partial charge in [0, 0.05) is 12.2 Å². The highest BCUT2D eigenvalue weighted by atomic mass is 32.2. The number of benzene rings is 3. The molecular weight excluding hydrogens is 440 g/mol. The number of carbonyl (C=O) groups is 2. The number of para-hydroxylation sites is 2. The van der Waals surface area contributed by atoms with Crippen LogP contribution in [0.25, 0.3) is 0 Å². The Kier molecular flexibility index (Phi) is 7.84. The number of sulfonamides is 1. The van der Waals surface area contributed by atoms with Crippen LogP contribution in [-0.2, 0) is 26.0 Å². The Morgan fingerprint density at radius 3 is 2.30 bits per heavy atom. The number of nitrogens with zero attached hydrogens (tertiary/aromatic N) is 1. The number of carbonyl (C=O) groups excluding carboxylic acids is 2. The maximum atomic E-state index is 13.2. The quantitative estimate of drug-likeness (QED) is 0.476. The standard InChI is InChI=1S/C25H26N2O5S/c1-3-19-11-8-9-16-23(19)26-24(28)18-32-25(29)20-12-10-15-22(17-20)33(30,31)27(4-2)21-13-6-5-7-14-21/h5-17H,3-4,18H2,1-2H3,(H,26,28). The van der Waals surface area contributed by atoms with E-state index in [9.17, 15) is 18.0 Å². The molecule has 0 saturated carbocycles. The molecule has 8 heteroatoms. The predicted molar refractivity (Wildman–Crippen MR) is 128 cm³/mol. The Morgan fingerprint density at radius 2 is 1.61 bits per heavy atom. The molecule has 0 spiro atoms. The van der Waals surface area contributed by atoms with Gasteiger partial charge >= 0.3 is 5.97 Å². The minimum Gasteiger partial charge on any atom is -0.452 e. The normalized spacial score (nSPS) is 11.0. The molecule has 3 aromatic rings. The molecular formula is C25H26N2O5S. The summed E-state index contributed by atoms with van der Waals surface area (Å²) in [5.74, 6) is -1.26. The van der Waals surface area contributed by atoms with Crippen LogP contribution in [0.4, 0.5) is 11.4 Å². The molecule has 1 amide bonds. The molecule has 3 rings (SSSR count). The Balaban J connectivity index is 1.71. The highest BCUT2D eigenvalue weighted by Crippen LogP contribution is 2.24. The van der Waals surface area contributed by atoms with Gasteiger partial charge in [-0.1, -0.05) is 49.4 Å². The lowest BCUT2D eigenvalue weighted by atomic mass is 10.1. The zero-order chi connectivity index (χ0) is 23.8. The topological polar surface area (TPSA) is 92.8 Å². The minimum absolute atomic E-state index is 0.0380. The third-order valence-corrected chi connectivity index (χ3v) is 6.89. The van der Waals surface area contributed by atoms with Gasteiger partial charge in [-0.15, -0.1) is 0 Å². The van der Waals surface area contributed by atoms with Crippen LogP contribution in [0.1, 0.15) is 29.8 Å². The summed E-state index contributed by atoms with van der Waals surface area (Å²) in [7, 11) is -3.89. The monoisotopic (exact) mass is 466 g/mol. The van der Waals surface area contributed by atoms with Gasteiger partial charge < -0.3 is 10.1 Å². The van der Waals surface area contributed by atoms with Crippen molar-refractivity contribution in [2.45, 2.75) is 25.2 Å². The van der Waals surface area contributed by atoms with Gasteiger partial charge in [-0.05, 0) is 55.3 Å². The Hall–Kier alpha value is -3.65. The summed E-state index contributed by atoms with van der Waals surface area (Å²) in [5.41, 5.74) is 2.20. The molecule has 0 atom stereocenters. The summed E-state index contributed by atoms with van der Waals surface area (Å²) in [6, 6.07) is 21.7. The summed E-state index contributed by atoms with van der Waals surface area (Å²) in [5, 5.41) is 2.73. The molecule has 0 aliphatic heterocycles. The van der Waals surface area contributed by atoms with Crippen LogP contribution in [0, 0.1) is 0 Å². The molecule has 3 aromatic carbocycles. The molecule has 0 aliphatic carbocycles. The number of anilines is 2. The van der Waals surface area contributed by atoms with E-state index in [1.165, 1.54) is 28.6 Å². The van der Waals surface area contributed by atoms with Crippen molar-refractivity contribution < 1.29 is 22.7 Å². The molecule has 1 N–H and O–H groups in total. The lowest BCUT2D eigenvalue weighted by Crippen LogP contribution is -2.30. The second-order valence-corrected chi connectivity index (χ2v) is 9.03. The largest absolute Gasteiger partial charge is 0.452 e. The molecule has 0 fully saturated rings. The number of hydrogen-bond acceptors (Lipinski definition) is 5. The fourth-order valence-electron chi connectivity index (χ4n) is 3.35. The van der Waals surface area contributed by atoms with Crippen LogP contribution in [-0.4, -0.2) is 33.4 Å². The van der Waals surface area contributed by atoms with Gasteiger partial charge in [0.05, 0.1) is 16.1 Å². The third-order valence-electron chi connectivity index (χ3n) is 5.00. The van der Waals surface area contributed by atoms with Crippen LogP contribution in [0.3, 0.4) is 0 Å². The number of rotatable bonds is 9. The van der Waals surface area contributed by atoms with E-state index < -0.39 is 28.5 Å². The zero-order valence-electron chi connectivity index (χ0n) is 18.5. The van der Waals surface area contributed by atoms with Crippen molar-refractivity contribution in [3.05, 3.63) is 90.0 Å². The van der Waals surface area contributed by atoms with E-state index in [2.05, 4.69) is 5.32 Å². The van der Waals surface area contributed by atoms with E-state index in [1.54, 1.807) is 43.3 Å². The molecule has 0 bridgehead atoms. The highest BCUT2D eigenvalue weighted by molar-refractivity contribution is 7.92. The lowest BCUT2D eigenvalue weighted by molar-refractivity contribution is -0.119. The fraction of sp³-hybridized carbons (Fsp3) is 0.200. The van der Waals surface area contributed by atoms with E-state index >= 15 is 0 Å². The van der Waals surface area contributed by atoms with Crippen molar-refractivity contribution in [2.75, 3.05) is 22.8 Å². The summed E-state index contributed by atoms with van der Waals surface area (Å²) in [6.07, 6.45) is 0.745. The van der Waals surface area contributed by atoms with Crippen LogP contribution in [0.5, 0.6) is 0 Å². The predicted octanol–water partition coefficient (Wildman–Crippen LogP) is 4.26. The van der Waals surface area contributed by atoms with Crippen LogP contribution in [0.2, 0.25) is 0 Å². The van der Waals surface area contributed by atoms with Crippen molar-refractivity contribution in [3.63, 3.8) is 0 Å². The zero-order valence-corrected chi connectivity index (χ0v) is 19.3. The first-order chi connectivity index (χ1) is 15.9. The summed E-state index contributed by atoms with van der Waals surface area (Å²) < 4.78 is 32.7. The second kappa shape index (κ2) is 10.8. The molecule has 7 nitrogen and oxygen atoms in total. The number of nitrogens with one attached hydrogen (secondary N) is 1. The van der Waals surface area contributed by atoms with Crippen LogP contribution >= 0.6 is 0 Å². The second-order valence-electron chi connectivity index (χ2n) is 7.17. The Morgan fingerprint density at radius 1 is 0.909 bits per heavy atom. The Labute approximate surface area is 194 Å². The first kappa shape index (κ1) is 24.0. The maximum absolute atomic E-state index is 13.2. The molecule has 0 saturated heterocycles. The van der Waals surface area contributed by atoms with Crippen molar-refractivity contribution >= 4 is 33.3 Å². The van der Waals surface area contributed by atoms with E-state index in [0.717, 1.165) is 12.0 Å². The lowest BCUT2D eigenvalue weighted by Gasteiger charge is -2.23. The van der Waals surface area contributed by atoms with Gasteiger partial charge in [0.2, 0.25) is 0 Å². The third kappa shape index (κ3) is 5.78. The first-order valence-corrected chi connectivity index (χ1v) is 12.0. The van der Waals surface area contributed by atoms with Gasteiger partial charge in [0.25, 0.3) is 15.9 Å². The number of aryl methyl sites for hydroxylation is 1. The fourth-order valence-corrected chi connectivity index (χ4v) is 4.87. The molecule has 0 unspecified atom stereocenters. The molecule has 0 aliphatic rings. The minimum atomic E-state index is -3.89. The first-order valence-electron chi connectivity index (χ1n) is 10.6. The van der Waals surface area contributed by atoms with E-state index in [1.807, 2.05) is 25.1 Å². The van der Waals surface area contributed by atoms with Gasteiger partial charge in [-0.25, -0.2) is 13.2 Å². The van der Waals surface area contributed by atoms with Crippen molar-refractivity contribution in [3.8, 4) is 0 Å². The smallest absolute Gasteiger partial charge is 0.338 e. The van der Waals surface area contributed by atoms with Gasteiger partial charge in [0.15, 0.2) is 6.61 Å². The summed E-state index contributed by atoms with van der Waals surface area (Å²) in [4.78, 5) is 24.7. The van der Waals surface area contributed by atoms with Crippen molar-refractivity contribution in [1.82, 2.24) is 0 Å². The van der Waals surface area contributed by atoms with Gasteiger partial charge in [-0.2, -0.15) is 0 Å². The maximum Gasteiger partial charge on any atom is 0.338 e. The molecule has 0 radical (unpaired) electrons. The number of amides is 1. The number of ether oxygens (including phenoxy) is 1. The van der Waals surface area contributed by atoms with Crippen molar-refractivity contribution in [2.24, 2.45) is 0 Å². The molecule has 0 aromatic heterocycles. The van der Waals surface area contributed by atoms with Gasteiger partial charge in [0.1, 0.15) is 0 Å². The van der Waals surface area contributed by atoms with Crippen LogP contribution < -0.4 is 9.62 Å². The molecule has 172 valence electrons. The van der Waals surface area contributed by atoms with Crippen LogP contribution in [0.15, 0.2) is 83.8 Å². The summed E-state index contributed by atoms with van der Waals surface area (Å²) >= 11 is 0. The average molecular weight is 467 g/mol. The number of esters is 1. The van der Waals surface area contributed by atoms with Gasteiger partial charge in [-0.3, -0.25) is 9.10 Å². The van der Waals surface area contributed by atoms with E-state index in [-0.39, 0.29) is 17.0 Å². The molecule has 0 heterocycles.